The summed E-state index contributed by atoms with van der Waals surface area (Å²) in [6.07, 6.45) is -0.836. The van der Waals surface area contributed by atoms with Crippen molar-refractivity contribution < 1.29 is 32.7 Å². The van der Waals surface area contributed by atoms with Crippen LogP contribution in [0.4, 0.5) is 0 Å². The van der Waals surface area contributed by atoms with Crippen LogP contribution in [0, 0.1) is 0 Å². The normalized spacial score (nSPS) is 46.7. The quantitative estimate of drug-likeness (QED) is 0.568. The van der Waals surface area contributed by atoms with Crippen molar-refractivity contribution in [3.63, 3.8) is 0 Å². The van der Waals surface area contributed by atoms with Crippen LogP contribution >= 0.6 is 15.2 Å². The monoisotopic (exact) mass is 258 g/mol. The van der Waals surface area contributed by atoms with Gasteiger partial charge in [-0.2, -0.15) is 0 Å². The second-order valence-electron chi connectivity index (χ2n) is 3.67. The van der Waals surface area contributed by atoms with Crippen LogP contribution in [0.2, 0.25) is 0 Å². The number of epoxide rings is 2. The Morgan fingerprint density at radius 3 is 1.47 bits per heavy atom. The van der Waals surface area contributed by atoms with Crippen molar-refractivity contribution >= 4 is 15.2 Å². The molecule has 2 fully saturated rings. The van der Waals surface area contributed by atoms with Crippen LogP contribution < -0.4 is 0 Å². The molecular weight excluding hydrogens is 246 g/mol. The molecule has 2 aliphatic rings. The van der Waals surface area contributed by atoms with Gasteiger partial charge in [0.1, 0.15) is 0 Å². The van der Waals surface area contributed by atoms with E-state index in [9.17, 15) is 18.9 Å². The summed E-state index contributed by atoms with van der Waals surface area (Å²) >= 11 is 0. The molecule has 0 aromatic heterocycles. The second kappa shape index (κ2) is 3.37. The van der Waals surface area contributed by atoms with Crippen molar-refractivity contribution in [1.82, 2.24) is 0 Å². The first-order chi connectivity index (χ1) is 6.74. The van der Waals surface area contributed by atoms with Crippen molar-refractivity contribution in [2.24, 2.45) is 0 Å². The van der Waals surface area contributed by atoms with E-state index < -0.39 is 39.1 Å². The van der Waals surface area contributed by atoms with Gasteiger partial charge < -0.3 is 19.3 Å². The zero-order valence-corrected chi connectivity index (χ0v) is 9.93. The molecule has 2 unspecified atom stereocenters. The fourth-order valence-corrected chi connectivity index (χ4v) is 5.13. The molecule has 0 bridgehead atoms. The molecule has 15 heavy (non-hydrogen) atoms. The van der Waals surface area contributed by atoms with Crippen molar-refractivity contribution in [3.05, 3.63) is 0 Å². The average Bonchev–Trinajstić information content (AvgIpc) is 2.86. The predicted molar refractivity (Wildman–Crippen MR) is 49.4 cm³/mol. The molecule has 2 saturated heterocycles. The summed E-state index contributed by atoms with van der Waals surface area (Å²) in [6.45, 7) is 3.16. The van der Waals surface area contributed by atoms with Crippen molar-refractivity contribution in [2.75, 3.05) is 0 Å². The maximum absolute atomic E-state index is 11.5. The molecule has 0 aromatic rings. The molecule has 6 atom stereocenters. The zero-order valence-electron chi connectivity index (χ0n) is 8.14. The van der Waals surface area contributed by atoms with Gasteiger partial charge in [0, 0.05) is 0 Å². The Labute approximate surface area is 86.4 Å². The average molecular weight is 258 g/mol. The first-order valence-corrected chi connectivity index (χ1v) is 7.70. The smallest absolute Gasteiger partial charge is 0.356 e. The van der Waals surface area contributed by atoms with Crippen molar-refractivity contribution in [1.29, 1.82) is 0 Å². The molecule has 2 N–H and O–H groups in total. The lowest BCUT2D eigenvalue weighted by molar-refractivity contribution is 0.296. The summed E-state index contributed by atoms with van der Waals surface area (Å²) in [4.78, 5) is 18.7. The molecule has 0 saturated carbocycles. The highest BCUT2D eigenvalue weighted by molar-refractivity contribution is 7.67. The highest BCUT2D eigenvalue weighted by Gasteiger charge is 2.58. The highest BCUT2D eigenvalue weighted by atomic mass is 31.3. The molecule has 0 aromatic carbocycles. The van der Waals surface area contributed by atoms with Crippen molar-refractivity contribution in [3.8, 4) is 0 Å². The molecule has 7 nitrogen and oxygen atoms in total. The maximum Gasteiger partial charge on any atom is 0.366 e. The summed E-state index contributed by atoms with van der Waals surface area (Å²) in [5.74, 6) is -1.99. The van der Waals surface area contributed by atoms with Crippen LogP contribution in [0.25, 0.3) is 0 Å². The summed E-state index contributed by atoms with van der Waals surface area (Å²) in [5.41, 5.74) is 0. The SMILES string of the molecule is C[C@H]1O[C@H]1P(=O)(O)OP(=O)(O)[C@@H]1O[C@@H]1C. The van der Waals surface area contributed by atoms with Gasteiger partial charge >= 0.3 is 15.2 Å². The minimum atomic E-state index is -4.19. The molecule has 9 heteroatoms. The lowest BCUT2D eigenvalue weighted by atomic mass is 10.6. The molecule has 0 amide bonds. The van der Waals surface area contributed by atoms with Gasteiger partial charge in [0.05, 0.1) is 12.2 Å². The van der Waals surface area contributed by atoms with Crippen LogP contribution in [0.15, 0.2) is 0 Å². The van der Waals surface area contributed by atoms with Gasteiger partial charge in [0.15, 0.2) is 11.7 Å². The molecule has 0 radical (unpaired) electrons. The summed E-state index contributed by atoms with van der Waals surface area (Å²) in [7, 11) is -8.37. The summed E-state index contributed by atoms with van der Waals surface area (Å²) in [5, 5.41) is 0. The van der Waals surface area contributed by atoms with E-state index in [2.05, 4.69) is 4.31 Å². The first-order valence-electron chi connectivity index (χ1n) is 4.41. The second-order valence-corrected chi connectivity index (χ2v) is 7.60. The third-order valence-electron chi connectivity index (χ3n) is 2.24. The largest absolute Gasteiger partial charge is 0.366 e. The lowest BCUT2D eigenvalue weighted by Gasteiger charge is -2.13. The number of ether oxygens (including phenoxy) is 2. The van der Waals surface area contributed by atoms with Gasteiger partial charge in [0.2, 0.25) is 0 Å². The van der Waals surface area contributed by atoms with Crippen LogP contribution in [0.1, 0.15) is 13.8 Å². The van der Waals surface area contributed by atoms with Gasteiger partial charge in [-0.15, -0.1) is 0 Å². The van der Waals surface area contributed by atoms with E-state index >= 15 is 0 Å². The predicted octanol–water partition coefficient (Wildman–Crippen LogP) is 0.863. The van der Waals surface area contributed by atoms with E-state index in [4.69, 9.17) is 9.47 Å². The Bertz CT molecular complexity index is 334. The lowest BCUT2D eigenvalue weighted by Crippen LogP contribution is -2.01. The minimum Gasteiger partial charge on any atom is -0.356 e. The third kappa shape index (κ3) is 2.34. The van der Waals surface area contributed by atoms with E-state index in [1.165, 1.54) is 0 Å². The Balaban J connectivity index is 2.02. The van der Waals surface area contributed by atoms with E-state index in [0.29, 0.717) is 0 Å². The number of rotatable bonds is 4. The number of hydrogen-bond acceptors (Lipinski definition) is 5. The van der Waals surface area contributed by atoms with E-state index in [1.807, 2.05) is 0 Å². The summed E-state index contributed by atoms with van der Waals surface area (Å²) < 4.78 is 36.8. The topological polar surface area (TPSA) is 109 Å². The molecular formula is C6H12O7P2. The molecule has 88 valence electrons. The Morgan fingerprint density at radius 1 is 1.00 bits per heavy atom. The molecule has 2 aliphatic heterocycles. The van der Waals surface area contributed by atoms with Gasteiger partial charge in [0.25, 0.3) is 0 Å². The Kier molecular flexibility index (Phi) is 2.64. The van der Waals surface area contributed by atoms with Gasteiger partial charge in [-0.25, -0.2) is 4.31 Å². The fourth-order valence-electron chi connectivity index (χ4n) is 1.29. The van der Waals surface area contributed by atoms with Gasteiger partial charge in [-0.1, -0.05) is 0 Å². The third-order valence-corrected chi connectivity index (χ3v) is 6.48. The standard InChI is InChI=1S/C6H12O7P2/c1-3-5(11-3)14(7,8)13-15(9,10)6-4(2)12-6/h3-6H,1-2H3,(H,7,8)(H,9,10)/t3-,4-,5+,6+/m1/s1. The molecule has 2 rings (SSSR count). The van der Waals surface area contributed by atoms with Gasteiger partial charge in [-0.3, -0.25) is 9.13 Å². The molecule has 2 heterocycles. The van der Waals surface area contributed by atoms with E-state index in [1.54, 1.807) is 13.8 Å². The van der Waals surface area contributed by atoms with Crippen LogP contribution in [-0.2, 0) is 22.9 Å². The molecule has 0 spiro atoms. The Morgan fingerprint density at radius 2 is 1.27 bits per heavy atom. The highest BCUT2D eigenvalue weighted by Crippen LogP contribution is 2.70. The van der Waals surface area contributed by atoms with Crippen LogP contribution in [0.5, 0.6) is 0 Å². The van der Waals surface area contributed by atoms with E-state index in [0.717, 1.165) is 0 Å². The van der Waals surface area contributed by atoms with Crippen LogP contribution in [0.3, 0.4) is 0 Å². The van der Waals surface area contributed by atoms with Crippen LogP contribution in [-0.4, -0.2) is 33.7 Å². The molecule has 0 aliphatic carbocycles. The zero-order chi connectivity index (χ0) is 11.4. The number of hydrogen-bond donors (Lipinski definition) is 2. The van der Waals surface area contributed by atoms with Gasteiger partial charge in [-0.05, 0) is 13.8 Å². The minimum absolute atomic E-state index is 0.418. The summed E-state index contributed by atoms with van der Waals surface area (Å²) in [6, 6.07) is 0. The first kappa shape index (κ1) is 11.7. The van der Waals surface area contributed by atoms with Crippen molar-refractivity contribution in [2.45, 2.75) is 37.7 Å². The fraction of sp³-hybridized carbons (Fsp3) is 1.00. The maximum atomic E-state index is 11.5. The van der Waals surface area contributed by atoms with E-state index in [-0.39, 0.29) is 0 Å². The Hall–Kier alpha value is 0.260.